The summed E-state index contributed by atoms with van der Waals surface area (Å²) in [7, 11) is 3.43. The van der Waals surface area contributed by atoms with Gasteiger partial charge in [-0.05, 0) is 71.0 Å². The van der Waals surface area contributed by atoms with Crippen molar-refractivity contribution in [2.24, 2.45) is 7.05 Å². The number of amides is 1. The van der Waals surface area contributed by atoms with Gasteiger partial charge in [-0.25, -0.2) is 0 Å². The number of methoxy groups -OCH3 is 1. The summed E-state index contributed by atoms with van der Waals surface area (Å²) in [5, 5.41) is 11.6. The molecule has 0 saturated heterocycles. The van der Waals surface area contributed by atoms with Crippen LogP contribution in [0.15, 0.2) is 57.3 Å². The summed E-state index contributed by atoms with van der Waals surface area (Å²) in [6.45, 7) is 2.39. The fraction of sp³-hybridized carbons (Fsp3) is 0.211. The van der Waals surface area contributed by atoms with E-state index in [-0.39, 0.29) is 5.91 Å². The fourth-order valence-electron chi connectivity index (χ4n) is 2.42. The molecule has 0 fully saturated rings. The van der Waals surface area contributed by atoms with E-state index in [9.17, 15) is 4.79 Å². The smallest absolute Gasteiger partial charge is 0.255 e. The number of nitrogens with one attached hydrogen (secondary N) is 1. The maximum Gasteiger partial charge on any atom is 0.255 e. The van der Waals surface area contributed by atoms with Gasteiger partial charge in [-0.1, -0.05) is 0 Å². The first-order valence-electron chi connectivity index (χ1n) is 8.45. The van der Waals surface area contributed by atoms with Crippen LogP contribution in [0.1, 0.15) is 17.3 Å². The van der Waals surface area contributed by atoms with Gasteiger partial charge in [0.05, 0.1) is 18.2 Å². The van der Waals surface area contributed by atoms with Crippen LogP contribution in [-0.2, 0) is 7.05 Å². The first-order valence-corrected chi connectivity index (χ1v) is 10.1. The molecule has 0 bridgehead atoms. The fourth-order valence-corrected chi connectivity index (χ4v) is 3.73. The lowest BCUT2D eigenvalue weighted by Crippen LogP contribution is -2.12. The summed E-state index contributed by atoms with van der Waals surface area (Å²) < 4.78 is 13.4. The van der Waals surface area contributed by atoms with Crippen LogP contribution in [0.5, 0.6) is 11.5 Å². The zero-order valence-electron chi connectivity index (χ0n) is 15.6. The van der Waals surface area contributed by atoms with Crippen LogP contribution >= 0.6 is 27.7 Å². The van der Waals surface area contributed by atoms with Gasteiger partial charge >= 0.3 is 0 Å². The SMILES string of the molecule is CCOc1c(Br)cc(C(=O)Nc2ccc(Sc3nncn3C)cc2)cc1OC. The monoisotopic (exact) mass is 462 g/mol. The Balaban J connectivity index is 1.72. The zero-order chi connectivity index (χ0) is 20.1. The van der Waals surface area contributed by atoms with Crippen molar-refractivity contribution in [2.45, 2.75) is 17.0 Å². The van der Waals surface area contributed by atoms with Gasteiger partial charge in [0.15, 0.2) is 16.7 Å². The summed E-state index contributed by atoms with van der Waals surface area (Å²) in [4.78, 5) is 13.6. The Hall–Kier alpha value is -2.52. The molecular weight excluding hydrogens is 444 g/mol. The van der Waals surface area contributed by atoms with Gasteiger partial charge in [0.1, 0.15) is 6.33 Å². The predicted octanol–water partition coefficient (Wildman–Crippen LogP) is 4.39. The molecule has 0 atom stereocenters. The van der Waals surface area contributed by atoms with Gasteiger partial charge < -0.3 is 19.4 Å². The second kappa shape index (κ2) is 9.11. The van der Waals surface area contributed by atoms with Crippen molar-refractivity contribution in [1.82, 2.24) is 14.8 Å². The van der Waals surface area contributed by atoms with Crippen molar-refractivity contribution in [3.05, 3.63) is 52.8 Å². The number of nitrogens with zero attached hydrogens (tertiary/aromatic N) is 3. The summed E-state index contributed by atoms with van der Waals surface area (Å²) in [5.74, 6) is 0.833. The van der Waals surface area contributed by atoms with E-state index >= 15 is 0 Å². The second-order valence-corrected chi connectivity index (χ2v) is 7.62. The Morgan fingerprint density at radius 3 is 2.64 bits per heavy atom. The first-order chi connectivity index (χ1) is 13.5. The van der Waals surface area contributed by atoms with Crippen LogP contribution in [0.4, 0.5) is 5.69 Å². The van der Waals surface area contributed by atoms with E-state index in [0.29, 0.717) is 33.8 Å². The van der Waals surface area contributed by atoms with E-state index < -0.39 is 0 Å². The summed E-state index contributed by atoms with van der Waals surface area (Å²) in [6.07, 6.45) is 1.65. The molecule has 9 heteroatoms. The Labute approximate surface area is 175 Å². The number of carbonyl (C=O) groups is 1. The minimum Gasteiger partial charge on any atom is -0.493 e. The maximum absolute atomic E-state index is 12.6. The molecule has 3 aromatic rings. The number of ether oxygens (including phenoxy) is 2. The molecule has 3 rings (SSSR count). The highest BCUT2D eigenvalue weighted by Gasteiger charge is 2.15. The van der Waals surface area contributed by atoms with E-state index in [2.05, 4.69) is 31.4 Å². The van der Waals surface area contributed by atoms with Crippen molar-refractivity contribution in [2.75, 3.05) is 19.0 Å². The third-order valence-corrected chi connectivity index (χ3v) is 5.42. The number of halogens is 1. The standard InChI is InChI=1S/C19H19BrN4O3S/c1-4-27-17-15(20)9-12(10-16(17)26-3)18(25)22-13-5-7-14(8-6-13)28-19-23-21-11-24(19)2/h5-11H,4H2,1-3H3,(H,22,25). The first kappa shape index (κ1) is 20.2. The molecule has 0 aliphatic rings. The van der Waals surface area contributed by atoms with Gasteiger partial charge in [0.25, 0.3) is 5.91 Å². The van der Waals surface area contributed by atoms with Gasteiger partial charge in [-0.3, -0.25) is 4.79 Å². The van der Waals surface area contributed by atoms with Gasteiger partial charge in [0.2, 0.25) is 0 Å². The molecule has 1 N–H and O–H groups in total. The topological polar surface area (TPSA) is 78.3 Å². The average Bonchev–Trinajstić information content (AvgIpc) is 3.09. The Kier molecular flexibility index (Phi) is 6.58. The zero-order valence-corrected chi connectivity index (χ0v) is 18.0. The number of rotatable bonds is 7. The molecule has 1 amide bonds. The van der Waals surface area contributed by atoms with Crippen LogP contribution in [0.25, 0.3) is 0 Å². The molecule has 0 aliphatic heterocycles. The van der Waals surface area contributed by atoms with Crippen LogP contribution < -0.4 is 14.8 Å². The average molecular weight is 463 g/mol. The van der Waals surface area contributed by atoms with E-state index in [1.54, 1.807) is 25.6 Å². The minimum absolute atomic E-state index is 0.240. The molecule has 0 spiro atoms. The Morgan fingerprint density at radius 1 is 1.29 bits per heavy atom. The van der Waals surface area contributed by atoms with Gasteiger partial charge in [-0.2, -0.15) is 0 Å². The van der Waals surface area contributed by atoms with E-state index in [1.165, 1.54) is 11.8 Å². The van der Waals surface area contributed by atoms with E-state index in [1.807, 2.05) is 42.8 Å². The molecule has 7 nitrogen and oxygen atoms in total. The van der Waals surface area contributed by atoms with E-state index in [0.717, 1.165) is 10.1 Å². The van der Waals surface area contributed by atoms with Crippen LogP contribution in [0.2, 0.25) is 0 Å². The lowest BCUT2D eigenvalue weighted by molar-refractivity contribution is 0.102. The molecule has 28 heavy (non-hydrogen) atoms. The lowest BCUT2D eigenvalue weighted by Gasteiger charge is -2.13. The molecule has 0 aliphatic carbocycles. The number of aryl methyl sites for hydroxylation is 1. The van der Waals surface area contributed by atoms with Gasteiger partial charge in [-0.15, -0.1) is 10.2 Å². The third-order valence-electron chi connectivity index (χ3n) is 3.77. The van der Waals surface area contributed by atoms with Crippen molar-refractivity contribution >= 4 is 39.3 Å². The molecular formula is C19H19BrN4O3S. The molecule has 146 valence electrons. The van der Waals surface area contributed by atoms with Crippen molar-refractivity contribution in [1.29, 1.82) is 0 Å². The highest BCUT2D eigenvalue weighted by molar-refractivity contribution is 9.10. The van der Waals surface area contributed by atoms with Crippen LogP contribution in [0.3, 0.4) is 0 Å². The third kappa shape index (κ3) is 4.66. The van der Waals surface area contributed by atoms with Crippen LogP contribution in [-0.4, -0.2) is 34.4 Å². The predicted molar refractivity (Wildman–Crippen MR) is 111 cm³/mol. The Bertz CT molecular complexity index is 976. The molecule has 1 heterocycles. The normalized spacial score (nSPS) is 10.6. The highest BCUT2D eigenvalue weighted by atomic mass is 79.9. The number of hydrogen-bond donors (Lipinski definition) is 1. The molecule has 2 aromatic carbocycles. The van der Waals surface area contributed by atoms with Crippen molar-refractivity contribution in [3.63, 3.8) is 0 Å². The molecule has 0 radical (unpaired) electrons. The second-order valence-electron chi connectivity index (χ2n) is 5.73. The van der Waals surface area contributed by atoms with E-state index in [4.69, 9.17) is 9.47 Å². The van der Waals surface area contributed by atoms with Crippen LogP contribution in [0, 0.1) is 0 Å². The summed E-state index contributed by atoms with van der Waals surface area (Å²) in [5.41, 5.74) is 1.15. The largest absolute Gasteiger partial charge is 0.493 e. The summed E-state index contributed by atoms with van der Waals surface area (Å²) >= 11 is 4.93. The van der Waals surface area contributed by atoms with Crippen molar-refractivity contribution < 1.29 is 14.3 Å². The Morgan fingerprint density at radius 2 is 2.04 bits per heavy atom. The highest BCUT2D eigenvalue weighted by Crippen LogP contribution is 2.37. The number of benzene rings is 2. The number of carbonyl (C=O) groups excluding carboxylic acids is 1. The number of anilines is 1. The lowest BCUT2D eigenvalue weighted by atomic mass is 10.2. The quantitative estimate of drug-likeness (QED) is 0.560. The summed E-state index contributed by atoms with van der Waals surface area (Å²) in [6, 6.07) is 10.9. The van der Waals surface area contributed by atoms with Gasteiger partial charge in [0, 0.05) is 23.2 Å². The minimum atomic E-state index is -0.240. The number of aromatic nitrogens is 3. The molecule has 0 unspecified atom stereocenters. The number of hydrogen-bond acceptors (Lipinski definition) is 6. The molecule has 1 aromatic heterocycles. The molecule has 0 saturated carbocycles. The van der Waals surface area contributed by atoms with Crippen molar-refractivity contribution in [3.8, 4) is 11.5 Å². The maximum atomic E-state index is 12.6.